The summed E-state index contributed by atoms with van der Waals surface area (Å²) in [4.78, 5) is 0.158. The number of hydrogen-bond acceptors (Lipinski definition) is 3. The average molecular weight is 415 g/mol. The van der Waals surface area contributed by atoms with Gasteiger partial charge >= 0.3 is 0 Å². The predicted molar refractivity (Wildman–Crippen MR) is 82.6 cm³/mol. The van der Waals surface area contributed by atoms with Crippen LogP contribution in [0.1, 0.15) is 26.7 Å². The Bertz CT molecular complexity index is 542. The third-order valence-electron chi connectivity index (χ3n) is 3.09. The van der Waals surface area contributed by atoms with Crippen LogP contribution in [0.4, 0.5) is 0 Å². The molecule has 1 rings (SSSR count). The van der Waals surface area contributed by atoms with Gasteiger partial charge in [0, 0.05) is 15.5 Å². The maximum atomic E-state index is 12.2. The van der Waals surface area contributed by atoms with Crippen molar-refractivity contribution < 1.29 is 13.5 Å². The van der Waals surface area contributed by atoms with Crippen molar-refractivity contribution in [3.63, 3.8) is 0 Å². The van der Waals surface area contributed by atoms with Crippen molar-refractivity contribution in [2.24, 2.45) is 0 Å². The van der Waals surface area contributed by atoms with E-state index in [0.29, 0.717) is 17.3 Å². The van der Waals surface area contributed by atoms with E-state index in [1.54, 1.807) is 12.1 Å². The van der Waals surface area contributed by atoms with Crippen molar-refractivity contribution in [3.05, 3.63) is 27.1 Å². The molecule has 0 aromatic heterocycles. The monoisotopic (exact) mass is 413 g/mol. The van der Waals surface area contributed by atoms with Gasteiger partial charge in [-0.15, -0.1) is 0 Å². The number of rotatable bonds is 6. The maximum Gasteiger partial charge on any atom is 0.241 e. The lowest BCUT2D eigenvalue weighted by atomic mass is 9.98. The average Bonchev–Trinajstić information content (AvgIpc) is 2.35. The van der Waals surface area contributed by atoms with Crippen LogP contribution in [-0.4, -0.2) is 25.7 Å². The Morgan fingerprint density at radius 1 is 1.26 bits per heavy atom. The third kappa shape index (κ3) is 4.53. The van der Waals surface area contributed by atoms with Gasteiger partial charge in [0.15, 0.2) is 0 Å². The molecule has 0 spiro atoms. The third-order valence-corrected chi connectivity index (χ3v) is 5.96. The Morgan fingerprint density at radius 2 is 1.84 bits per heavy atom. The lowest BCUT2D eigenvalue weighted by Gasteiger charge is -2.25. The van der Waals surface area contributed by atoms with E-state index in [9.17, 15) is 13.5 Å². The van der Waals surface area contributed by atoms with Crippen molar-refractivity contribution in [2.75, 3.05) is 6.54 Å². The van der Waals surface area contributed by atoms with E-state index in [1.165, 1.54) is 6.07 Å². The van der Waals surface area contributed by atoms with Gasteiger partial charge in [-0.2, -0.15) is 0 Å². The van der Waals surface area contributed by atoms with Gasteiger partial charge in [-0.25, -0.2) is 13.1 Å². The number of nitrogens with one attached hydrogen (secondary N) is 1. The van der Waals surface area contributed by atoms with Gasteiger partial charge in [-0.05, 0) is 47.0 Å². The van der Waals surface area contributed by atoms with E-state index in [-0.39, 0.29) is 11.4 Å². The normalized spacial score (nSPS) is 12.7. The van der Waals surface area contributed by atoms with Crippen LogP contribution in [0.3, 0.4) is 0 Å². The quantitative estimate of drug-likeness (QED) is 0.751. The number of hydrogen-bond donors (Lipinski definition) is 2. The second-order valence-corrected chi connectivity index (χ2v) is 7.84. The summed E-state index contributed by atoms with van der Waals surface area (Å²) in [5.74, 6) is 0. The molecule has 0 radical (unpaired) electrons. The van der Waals surface area contributed by atoms with Crippen molar-refractivity contribution in [3.8, 4) is 0 Å². The van der Waals surface area contributed by atoms with Crippen molar-refractivity contribution in [1.82, 2.24) is 4.72 Å². The number of sulfonamides is 1. The van der Waals surface area contributed by atoms with Crippen LogP contribution in [0.2, 0.25) is 0 Å². The smallest absolute Gasteiger partial charge is 0.241 e. The molecule has 0 aliphatic rings. The summed E-state index contributed by atoms with van der Waals surface area (Å²) < 4.78 is 28.1. The highest BCUT2D eigenvalue weighted by Gasteiger charge is 2.26. The molecular weight excluding hydrogens is 398 g/mol. The van der Waals surface area contributed by atoms with Gasteiger partial charge in [0.1, 0.15) is 0 Å². The fourth-order valence-electron chi connectivity index (χ4n) is 1.50. The van der Waals surface area contributed by atoms with E-state index in [4.69, 9.17) is 0 Å². The number of halogens is 2. The molecule has 0 fully saturated rings. The molecule has 0 aliphatic carbocycles. The fourth-order valence-corrected chi connectivity index (χ4v) is 4.36. The zero-order valence-electron chi connectivity index (χ0n) is 10.8. The summed E-state index contributed by atoms with van der Waals surface area (Å²) in [6.07, 6.45) is 0.987. The molecule has 2 N–H and O–H groups in total. The summed E-state index contributed by atoms with van der Waals surface area (Å²) in [5.41, 5.74) is -1.01. The zero-order valence-corrected chi connectivity index (χ0v) is 14.8. The molecule has 4 nitrogen and oxygen atoms in total. The van der Waals surface area contributed by atoms with Crippen molar-refractivity contribution >= 4 is 41.9 Å². The topological polar surface area (TPSA) is 66.4 Å². The highest BCUT2D eigenvalue weighted by atomic mass is 79.9. The largest absolute Gasteiger partial charge is 0.389 e. The Morgan fingerprint density at radius 3 is 2.32 bits per heavy atom. The molecular formula is C12H17Br2NO3S. The zero-order chi connectivity index (χ0) is 14.7. The minimum atomic E-state index is -3.64. The second-order valence-electron chi connectivity index (χ2n) is 4.33. The highest BCUT2D eigenvalue weighted by Crippen LogP contribution is 2.26. The first-order valence-corrected chi connectivity index (χ1v) is 8.98. The molecule has 7 heteroatoms. The van der Waals surface area contributed by atoms with Crippen LogP contribution in [0.25, 0.3) is 0 Å². The SMILES string of the molecule is CCC(O)(CC)CNS(=O)(=O)c1ccc(Br)cc1Br. The first kappa shape index (κ1) is 17.1. The Hall–Kier alpha value is 0.0500. The summed E-state index contributed by atoms with van der Waals surface area (Å²) in [6.45, 7) is 3.66. The van der Waals surface area contributed by atoms with Gasteiger partial charge in [-0.3, -0.25) is 0 Å². The molecule has 0 saturated carbocycles. The first-order valence-electron chi connectivity index (χ1n) is 5.91. The van der Waals surface area contributed by atoms with Crippen LogP contribution >= 0.6 is 31.9 Å². The molecule has 1 aromatic rings. The lowest BCUT2D eigenvalue weighted by Crippen LogP contribution is -2.42. The van der Waals surface area contributed by atoms with Gasteiger partial charge in [-0.1, -0.05) is 29.8 Å². The lowest BCUT2D eigenvalue weighted by molar-refractivity contribution is 0.0377. The van der Waals surface area contributed by atoms with Crippen LogP contribution in [-0.2, 0) is 10.0 Å². The number of benzene rings is 1. The molecule has 0 heterocycles. The standard InChI is InChI=1S/C12H17Br2NO3S/c1-3-12(16,4-2)8-15-19(17,18)11-6-5-9(13)7-10(11)14/h5-7,15-16H,3-4,8H2,1-2H3. The van der Waals surface area contributed by atoms with Crippen LogP contribution in [0, 0.1) is 0 Å². The van der Waals surface area contributed by atoms with E-state index < -0.39 is 15.6 Å². The molecule has 1 aromatic carbocycles. The molecule has 0 amide bonds. The van der Waals surface area contributed by atoms with Crippen molar-refractivity contribution in [1.29, 1.82) is 0 Å². The Labute approximate surface area is 130 Å². The van der Waals surface area contributed by atoms with Gasteiger partial charge in [0.05, 0.1) is 10.5 Å². The number of aliphatic hydroxyl groups is 1. The van der Waals surface area contributed by atoms with E-state index in [0.717, 1.165) is 4.47 Å². The van der Waals surface area contributed by atoms with E-state index >= 15 is 0 Å². The summed E-state index contributed by atoms with van der Waals surface area (Å²) in [6, 6.07) is 4.83. The molecule has 0 unspecified atom stereocenters. The molecule has 0 bridgehead atoms. The summed E-state index contributed by atoms with van der Waals surface area (Å²) in [7, 11) is -3.64. The van der Waals surface area contributed by atoms with Gasteiger partial charge < -0.3 is 5.11 Å². The minimum Gasteiger partial charge on any atom is -0.389 e. The van der Waals surface area contributed by atoms with E-state index in [1.807, 2.05) is 13.8 Å². The molecule has 19 heavy (non-hydrogen) atoms. The molecule has 0 aliphatic heterocycles. The highest BCUT2D eigenvalue weighted by molar-refractivity contribution is 9.11. The summed E-state index contributed by atoms with van der Waals surface area (Å²) in [5, 5.41) is 10.1. The summed E-state index contributed by atoms with van der Waals surface area (Å²) >= 11 is 6.50. The predicted octanol–water partition coefficient (Wildman–Crippen LogP) is 3.04. The maximum absolute atomic E-state index is 12.2. The molecule has 108 valence electrons. The fraction of sp³-hybridized carbons (Fsp3) is 0.500. The molecule has 0 atom stereocenters. The van der Waals surface area contributed by atoms with Gasteiger partial charge in [0.2, 0.25) is 10.0 Å². The van der Waals surface area contributed by atoms with E-state index in [2.05, 4.69) is 36.6 Å². The minimum absolute atomic E-state index is 0.00480. The Kier molecular flexibility index (Phi) is 6.00. The van der Waals surface area contributed by atoms with Crippen LogP contribution in [0.15, 0.2) is 32.0 Å². The van der Waals surface area contributed by atoms with Crippen LogP contribution in [0.5, 0.6) is 0 Å². The Balaban J connectivity index is 2.93. The first-order chi connectivity index (χ1) is 8.74. The molecule has 0 saturated heterocycles. The van der Waals surface area contributed by atoms with Gasteiger partial charge in [0.25, 0.3) is 0 Å². The van der Waals surface area contributed by atoms with Crippen molar-refractivity contribution in [2.45, 2.75) is 37.2 Å². The second kappa shape index (κ2) is 6.67. The van der Waals surface area contributed by atoms with Crippen LogP contribution < -0.4 is 4.72 Å².